The van der Waals surface area contributed by atoms with Gasteiger partial charge in [-0.25, -0.2) is 9.78 Å². The van der Waals surface area contributed by atoms with Crippen LogP contribution in [-0.2, 0) is 34.3 Å². The van der Waals surface area contributed by atoms with Crippen LogP contribution in [0.15, 0.2) is 65.5 Å². The number of aliphatic hydroxyl groups is 1. The van der Waals surface area contributed by atoms with Gasteiger partial charge in [-0.3, -0.25) is 4.79 Å². The molecule has 0 saturated heterocycles. The summed E-state index contributed by atoms with van der Waals surface area (Å²) in [5.41, 5.74) is 3.28. The highest BCUT2D eigenvalue weighted by Gasteiger charge is 2.45. The number of rotatable bonds is 4. The second-order valence-corrected chi connectivity index (χ2v) is 15.2. The van der Waals surface area contributed by atoms with Crippen LogP contribution in [0.2, 0.25) is 13.1 Å². The third-order valence-corrected chi connectivity index (χ3v) is 10.9. The molecule has 4 aromatic rings. The second kappa shape index (κ2) is 7.98. The van der Waals surface area contributed by atoms with Crippen LogP contribution in [0.1, 0.15) is 35.6 Å². The molecule has 0 bridgehead atoms. The molecule has 182 valence electrons. The van der Waals surface area contributed by atoms with Crippen molar-refractivity contribution in [3.05, 3.63) is 93.3 Å². The lowest BCUT2D eigenvalue weighted by Gasteiger charge is -2.31. The van der Waals surface area contributed by atoms with Gasteiger partial charge in [0.1, 0.15) is 6.61 Å². The van der Waals surface area contributed by atoms with Crippen LogP contribution < -0.4 is 10.7 Å². The van der Waals surface area contributed by atoms with Gasteiger partial charge in [-0.2, -0.15) is 0 Å². The van der Waals surface area contributed by atoms with Gasteiger partial charge in [0.25, 0.3) is 5.56 Å². The minimum absolute atomic E-state index is 0.120. The number of cyclic esters (lactones) is 1. The average molecular weight is 497 g/mol. The zero-order valence-electron chi connectivity index (χ0n) is 20.7. The number of carbonyl (C=O) groups excluding carboxylic acids is 1. The summed E-state index contributed by atoms with van der Waals surface area (Å²) in [7, 11) is -1.91. The molecule has 36 heavy (non-hydrogen) atoms. The van der Waals surface area contributed by atoms with Gasteiger partial charge in [0, 0.05) is 16.5 Å². The zero-order chi connectivity index (χ0) is 25.2. The average Bonchev–Trinajstić information content (AvgIpc) is 3.23. The quantitative estimate of drug-likeness (QED) is 0.303. The third-order valence-electron chi connectivity index (χ3n) is 7.76. The molecule has 2 aromatic heterocycles. The molecule has 6 nitrogen and oxygen atoms in total. The van der Waals surface area contributed by atoms with Crippen molar-refractivity contribution in [2.75, 3.05) is 0 Å². The summed E-state index contributed by atoms with van der Waals surface area (Å²) in [5.74, 6) is -0.706. The van der Waals surface area contributed by atoms with Crippen molar-refractivity contribution in [1.82, 2.24) is 9.55 Å². The van der Waals surface area contributed by atoms with Crippen LogP contribution in [0.5, 0.6) is 0 Å². The van der Waals surface area contributed by atoms with Crippen LogP contribution in [0.25, 0.3) is 22.3 Å². The highest BCUT2D eigenvalue weighted by molar-refractivity contribution is 6.90. The van der Waals surface area contributed by atoms with E-state index >= 15 is 0 Å². The summed E-state index contributed by atoms with van der Waals surface area (Å²) in [4.78, 5) is 31.1. The minimum atomic E-state index is -1.91. The smallest absolute Gasteiger partial charge is 0.343 e. The molecular formula is C29H28N2O4Si. The molecule has 0 aliphatic carbocycles. The van der Waals surface area contributed by atoms with Crippen molar-refractivity contribution in [2.24, 2.45) is 0 Å². The third kappa shape index (κ3) is 3.30. The standard InChI is InChI=1S/C29H28N2O4Si/c1-4-29(34)22-14-23-25-20(15-31(23)27(32)21(22)16-35-28(29)33)13-19-11-8-12-24(26(19)30-25)36(2,3)17-18-9-6-5-7-10-18/h5-14,34H,4,15-17H2,1-3H3/t29-/m0/s1. The predicted octanol–water partition coefficient (Wildman–Crippen LogP) is 3.78. The summed E-state index contributed by atoms with van der Waals surface area (Å²) < 4.78 is 6.87. The van der Waals surface area contributed by atoms with E-state index in [1.165, 1.54) is 10.8 Å². The molecule has 0 fully saturated rings. The van der Waals surface area contributed by atoms with E-state index < -0.39 is 19.6 Å². The molecule has 6 rings (SSSR count). The van der Waals surface area contributed by atoms with Crippen molar-refractivity contribution >= 4 is 30.1 Å². The molecule has 4 heterocycles. The van der Waals surface area contributed by atoms with E-state index in [2.05, 4.69) is 61.6 Å². The SMILES string of the molecule is CC[C@@]1(O)C(=O)OCc2c1cc1n(c2=O)Cc2cc3cccc([Si](C)(C)Cc4ccccc4)c3nc2-1. The van der Waals surface area contributed by atoms with E-state index in [4.69, 9.17) is 9.72 Å². The molecule has 2 aliphatic heterocycles. The fourth-order valence-electron chi connectivity index (χ4n) is 5.76. The number of aromatic nitrogens is 2. The van der Waals surface area contributed by atoms with E-state index in [0.29, 0.717) is 23.4 Å². The Morgan fingerprint density at radius 1 is 1.08 bits per heavy atom. The van der Waals surface area contributed by atoms with Gasteiger partial charge in [-0.1, -0.05) is 74.1 Å². The largest absolute Gasteiger partial charge is 0.458 e. The first-order valence-corrected chi connectivity index (χ1v) is 15.6. The molecule has 0 spiro atoms. The first-order chi connectivity index (χ1) is 17.2. The number of benzene rings is 2. The summed E-state index contributed by atoms with van der Waals surface area (Å²) >= 11 is 0. The Balaban J connectivity index is 1.53. The Kier molecular flexibility index (Phi) is 5.07. The van der Waals surface area contributed by atoms with Gasteiger partial charge in [0.2, 0.25) is 0 Å². The summed E-state index contributed by atoms with van der Waals surface area (Å²) in [6.07, 6.45) is 0.128. The molecule has 2 aliphatic rings. The number of esters is 1. The molecule has 0 amide bonds. The fraction of sp³-hybridized carbons (Fsp3) is 0.276. The van der Waals surface area contributed by atoms with Crippen molar-refractivity contribution < 1.29 is 14.6 Å². The molecule has 0 saturated carbocycles. The van der Waals surface area contributed by atoms with E-state index in [-0.39, 0.29) is 18.6 Å². The van der Waals surface area contributed by atoms with Gasteiger partial charge in [0.05, 0.1) is 37.1 Å². The van der Waals surface area contributed by atoms with E-state index in [0.717, 1.165) is 28.2 Å². The maximum absolute atomic E-state index is 13.4. The van der Waals surface area contributed by atoms with Crippen LogP contribution in [0, 0.1) is 0 Å². The van der Waals surface area contributed by atoms with Crippen LogP contribution in [0.3, 0.4) is 0 Å². The summed E-state index contributed by atoms with van der Waals surface area (Å²) in [6.45, 7) is 6.74. The lowest BCUT2D eigenvalue weighted by atomic mass is 9.86. The Labute approximate surface area is 210 Å². The topological polar surface area (TPSA) is 81.4 Å². The van der Waals surface area contributed by atoms with Gasteiger partial charge in [-0.15, -0.1) is 0 Å². The summed E-state index contributed by atoms with van der Waals surface area (Å²) in [5, 5.41) is 13.5. The van der Waals surface area contributed by atoms with E-state index in [1.807, 2.05) is 6.07 Å². The fourth-order valence-corrected chi connectivity index (χ4v) is 8.59. The Morgan fingerprint density at radius 2 is 1.86 bits per heavy atom. The molecule has 0 unspecified atom stereocenters. The number of ether oxygens (including phenoxy) is 1. The molecule has 7 heteroatoms. The van der Waals surface area contributed by atoms with Crippen molar-refractivity contribution in [1.29, 1.82) is 0 Å². The van der Waals surface area contributed by atoms with Crippen molar-refractivity contribution in [3.8, 4) is 11.4 Å². The van der Waals surface area contributed by atoms with Gasteiger partial charge in [0.15, 0.2) is 5.60 Å². The Hall–Kier alpha value is -3.55. The Morgan fingerprint density at radius 3 is 2.61 bits per heavy atom. The lowest BCUT2D eigenvalue weighted by molar-refractivity contribution is -0.172. The van der Waals surface area contributed by atoms with Crippen molar-refractivity contribution in [2.45, 2.75) is 51.2 Å². The van der Waals surface area contributed by atoms with Gasteiger partial charge < -0.3 is 14.4 Å². The highest BCUT2D eigenvalue weighted by atomic mass is 28.3. The first kappa shape index (κ1) is 22.9. The normalized spacial score (nSPS) is 18.5. The van der Waals surface area contributed by atoms with Gasteiger partial charge >= 0.3 is 5.97 Å². The number of carbonyl (C=O) groups is 1. The molecular weight excluding hydrogens is 468 g/mol. The highest BCUT2D eigenvalue weighted by Crippen LogP contribution is 2.38. The number of hydrogen-bond donors (Lipinski definition) is 1. The second-order valence-electron chi connectivity index (χ2n) is 10.5. The van der Waals surface area contributed by atoms with E-state index in [9.17, 15) is 14.7 Å². The predicted molar refractivity (Wildman–Crippen MR) is 142 cm³/mol. The van der Waals surface area contributed by atoms with Crippen molar-refractivity contribution in [3.63, 3.8) is 0 Å². The van der Waals surface area contributed by atoms with E-state index in [1.54, 1.807) is 17.6 Å². The molecule has 1 N–H and O–H groups in total. The molecule has 1 atom stereocenters. The number of para-hydroxylation sites is 1. The number of pyridine rings is 2. The summed E-state index contributed by atoms with van der Waals surface area (Å²) in [6, 6.07) is 21.8. The number of fused-ring (bicyclic) bond motifs is 5. The maximum Gasteiger partial charge on any atom is 0.343 e. The maximum atomic E-state index is 13.4. The van der Waals surface area contributed by atoms with Crippen LogP contribution >= 0.6 is 0 Å². The lowest BCUT2D eigenvalue weighted by Crippen LogP contribution is -2.44. The number of hydrogen-bond acceptors (Lipinski definition) is 5. The Bertz CT molecular complexity index is 1610. The number of nitrogens with zero attached hydrogens (tertiary/aromatic N) is 2. The minimum Gasteiger partial charge on any atom is -0.458 e. The zero-order valence-corrected chi connectivity index (χ0v) is 21.7. The monoisotopic (exact) mass is 496 g/mol. The van der Waals surface area contributed by atoms with Crippen LogP contribution in [-0.4, -0.2) is 28.7 Å². The van der Waals surface area contributed by atoms with Crippen LogP contribution in [0.4, 0.5) is 0 Å². The molecule has 2 aromatic carbocycles. The first-order valence-electron chi connectivity index (χ1n) is 12.4. The molecule has 0 radical (unpaired) electrons. The van der Waals surface area contributed by atoms with Gasteiger partial charge in [-0.05, 0) is 29.8 Å².